The number of hydrogen-bond acceptors (Lipinski definition) is 1. The van der Waals surface area contributed by atoms with Crippen molar-refractivity contribution in [2.75, 3.05) is 5.33 Å². The van der Waals surface area contributed by atoms with Gasteiger partial charge in [-0.25, -0.2) is 0 Å². The molecule has 0 aromatic heterocycles. The minimum absolute atomic E-state index is 0. The van der Waals surface area contributed by atoms with Crippen LogP contribution in [0.2, 0.25) is 0 Å². The monoisotopic (exact) mass is 192 g/mol. The molecule has 0 radical (unpaired) electrons. The van der Waals surface area contributed by atoms with Gasteiger partial charge >= 0.3 is 23.1 Å². The zero-order valence-electron chi connectivity index (χ0n) is 7.45. The van der Waals surface area contributed by atoms with E-state index in [9.17, 15) is 0 Å². The van der Waals surface area contributed by atoms with Crippen LogP contribution in [0.25, 0.3) is 0 Å². The van der Waals surface area contributed by atoms with Crippen LogP contribution in [-0.2, 0) is 0 Å². The van der Waals surface area contributed by atoms with Gasteiger partial charge in [-0.3, -0.25) is 0 Å². The van der Waals surface area contributed by atoms with E-state index in [-0.39, 0.29) is 25.9 Å². The largest absolute Gasteiger partial charge is 2.00 e. The van der Waals surface area contributed by atoms with Crippen LogP contribution in [0.3, 0.4) is 0 Å². The summed E-state index contributed by atoms with van der Waals surface area (Å²) in [6.45, 7) is 3.60. The fourth-order valence-electron chi connectivity index (χ4n) is 0.231. The third-order valence-electron chi connectivity index (χ3n) is 0.706. The standard InChI is InChI=1S/C5H11BrO.Mg.2H/c1-5(2,7)3-4-6;;;/h7H,3-4H2,1-2H3;;;/q;+2;2*-1. The van der Waals surface area contributed by atoms with E-state index in [0.717, 1.165) is 11.8 Å². The first kappa shape index (κ1) is 11.9. The summed E-state index contributed by atoms with van der Waals surface area (Å²) in [5, 5.41) is 9.86. The third-order valence-corrected chi connectivity index (χ3v) is 1.10. The second kappa shape index (κ2) is 5.03. The molecule has 1 nitrogen and oxygen atoms in total. The summed E-state index contributed by atoms with van der Waals surface area (Å²) in [5.74, 6) is 0. The van der Waals surface area contributed by atoms with Gasteiger partial charge in [-0.05, 0) is 20.3 Å². The number of alkyl halides is 1. The summed E-state index contributed by atoms with van der Waals surface area (Å²) < 4.78 is 0. The molecule has 0 aliphatic carbocycles. The van der Waals surface area contributed by atoms with Gasteiger partial charge in [0.2, 0.25) is 0 Å². The summed E-state index contributed by atoms with van der Waals surface area (Å²) in [6.07, 6.45) is 0.812. The topological polar surface area (TPSA) is 20.2 Å². The molecule has 0 saturated carbocycles. The van der Waals surface area contributed by atoms with Gasteiger partial charge in [0.1, 0.15) is 0 Å². The molecule has 0 bridgehead atoms. The SMILES string of the molecule is CC(C)(O)CCBr.[H-].[H-].[Mg+2]. The molecule has 1 N–H and O–H groups in total. The summed E-state index contributed by atoms with van der Waals surface area (Å²) in [5.41, 5.74) is -0.497. The van der Waals surface area contributed by atoms with Crippen molar-refractivity contribution in [2.45, 2.75) is 25.9 Å². The van der Waals surface area contributed by atoms with Crippen molar-refractivity contribution in [3.8, 4) is 0 Å². The fourth-order valence-corrected chi connectivity index (χ4v) is 1.20. The molecule has 8 heavy (non-hydrogen) atoms. The molecule has 0 spiro atoms. The molecule has 3 heteroatoms. The van der Waals surface area contributed by atoms with Crippen molar-refractivity contribution in [3.05, 3.63) is 0 Å². The molecule has 0 unspecified atom stereocenters. The first-order valence-electron chi connectivity index (χ1n) is 2.34. The Morgan fingerprint density at radius 1 is 1.62 bits per heavy atom. The maximum absolute atomic E-state index is 8.99. The fraction of sp³-hybridized carbons (Fsp3) is 1.00. The molecule has 48 valence electrons. The molecular weight excluding hydrogens is 180 g/mol. The third kappa shape index (κ3) is 10.2. The van der Waals surface area contributed by atoms with Gasteiger partial charge in [0.15, 0.2) is 0 Å². The maximum Gasteiger partial charge on any atom is 2.00 e. The first-order valence-corrected chi connectivity index (χ1v) is 3.47. The zero-order valence-corrected chi connectivity index (χ0v) is 8.45. The van der Waals surface area contributed by atoms with E-state index in [0.29, 0.717) is 0 Å². The van der Waals surface area contributed by atoms with Crippen LogP contribution < -0.4 is 0 Å². The Bertz CT molecular complexity index is 58.1. The molecule has 0 heterocycles. The van der Waals surface area contributed by atoms with Gasteiger partial charge in [0.05, 0.1) is 5.60 Å². The van der Waals surface area contributed by atoms with Gasteiger partial charge in [-0.15, -0.1) is 0 Å². The molecular formula is C5H13BrMgO. The number of aliphatic hydroxyl groups is 1. The van der Waals surface area contributed by atoms with Crippen LogP contribution in [0.4, 0.5) is 0 Å². The van der Waals surface area contributed by atoms with Crippen molar-refractivity contribution < 1.29 is 7.96 Å². The van der Waals surface area contributed by atoms with Crippen molar-refractivity contribution in [1.29, 1.82) is 0 Å². The van der Waals surface area contributed by atoms with Crippen LogP contribution in [0.1, 0.15) is 23.1 Å². The summed E-state index contributed by atoms with van der Waals surface area (Å²) in [4.78, 5) is 0. The van der Waals surface area contributed by atoms with E-state index in [1.54, 1.807) is 13.8 Å². The van der Waals surface area contributed by atoms with Gasteiger partial charge < -0.3 is 7.96 Å². The van der Waals surface area contributed by atoms with Gasteiger partial charge in [0, 0.05) is 5.33 Å². The van der Waals surface area contributed by atoms with Crippen molar-refractivity contribution in [3.63, 3.8) is 0 Å². The van der Waals surface area contributed by atoms with Gasteiger partial charge in [-0.1, -0.05) is 15.9 Å². The minimum Gasteiger partial charge on any atom is -1.00 e. The van der Waals surface area contributed by atoms with E-state index in [4.69, 9.17) is 5.11 Å². The van der Waals surface area contributed by atoms with Gasteiger partial charge in [0.25, 0.3) is 0 Å². The van der Waals surface area contributed by atoms with Crippen molar-refractivity contribution >= 4 is 39.0 Å². The molecule has 0 saturated heterocycles. The Balaban J connectivity index is -0.0000000600. The average Bonchev–Trinajstić information content (AvgIpc) is 1.30. The second-order valence-corrected chi connectivity index (χ2v) is 3.04. The van der Waals surface area contributed by atoms with Crippen molar-refractivity contribution in [2.24, 2.45) is 0 Å². The normalized spacial score (nSPS) is 10.5. The van der Waals surface area contributed by atoms with Crippen LogP contribution in [0.15, 0.2) is 0 Å². The van der Waals surface area contributed by atoms with Crippen LogP contribution in [-0.4, -0.2) is 39.1 Å². The molecule has 0 aromatic carbocycles. The van der Waals surface area contributed by atoms with E-state index < -0.39 is 5.60 Å². The number of hydrogen-bond donors (Lipinski definition) is 1. The molecule has 0 aromatic rings. The van der Waals surface area contributed by atoms with Crippen LogP contribution in [0.5, 0.6) is 0 Å². The van der Waals surface area contributed by atoms with Gasteiger partial charge in [-0.2, -0.15) is 0 Å². The van der Waals surface area contributed by atoms with Crippen LogP contribution in [0, 0.1) is 0 Å². The Morgan fingerprint density at radius 2 is 2.00 bits per heavy atom. The molecule has 0 rings (SSSR count). The molecule has 0 aliphatic rings. The summed E-state index contributed by atoms with van der Waals surface area (Å²) >= 11 is 3.23. The predicted octanol–water partition coefficient (Wildman–Crippen LogP) is 1.39. The molecule has 0 aliphatic heterocycles. The Labute approximate surface area is 78.1 Å². The van der Waals surface area contributed by atoms with E-state index in [1.807, 2.05) is 0 Å². The number of halogens is 1. The second-order valence-electron chi connectivity index (χ2n) is 2.25. The number of rotatable bonds is 2. The first-order chi connectivity index (χ1) is 3.06. The summed E-state index contributed by atoms with van der Waals surface area (Å²) in [7, 11) is 0. The Kier molecular flexibility index (Phi) is 7.50. The summed E-state index contributed by atoms with van der Waals surface area (Å²) in [6, 6.07) is 0. The molecule has 0 atom stereocenters. The quantitative estimate of drug-likeness (QED) is 0.519. The van der Waals surface area contributed by atoms with E-state index in [2.05, 4.69) is 15.9 Å². The van der Waals surface area contributed by atoms with Crippen molar-refractivity contribution in [1.82, 2.24) is 0 Å². The maximum atomic E-state index is 8.99. The Hall–Kier alpha value is 1.21. The molecule has 0 amide bonds. The Morgan fingerprint density at radius 3 is 2.00 bits per heavy atom. The van der Waals surface area contributed by atoms with Crippen LogP contribution >= 0.6 is 15.9 Å². The van der Waals surface area contributed by atoms with E-state index >= 15 is 0 Å². The average molecular weight is 193 g/mol. The predicted molar refractivity (Wildman–Crippen MR) is 42.7 cm³/mol. The minimum atomic E-state index is -0.497. The zero-order chi connectivity index (χ0) is 5.91. The smallest absolute Gasteiger partial charge is 1.00 e. The molecule has 0 fully saturated rings. The van der Waals surface area contributed by atoms with E-state index in [1.165, 1.54) is 0 Å².